The Morgan fingerprint density at radius 2 is 0.542 bits per heavy atom. The van der Waals surface area contributed by atoms with Gasteiger partial charge in [-0.1, -0.05) is 195 Å². The van der Waals surface area contributed by atoms with Crippen LogP contribution in [-0.2, 0) is 0 Å². The van der Waals surface area contributed by atoms with Gasteiger partial charge < -0.3 is 22.5 Å². The maximum atomic E-state index is 4.80. The Balaban J connectivity index is 0.000000114. The smallest absolute Gasteiger partial charge is 0.182 e. The third-order valence-corrected chi connectivity index (χ3v) is 21.4. The first-order valence-corrected chi connectivity index (χ1v) is 38.6. The summed E-state index contributed by atoms with van der Waals surface area (Å²) in [6.45, 7) is 0. The van der Waals surface area contributed by atoms with E-state index >= 15 is 0 Å². The summed E-state index contributed by atoms with van der Waals surface area (Å²) in [7, 11) is 0. The van der Waals surface area contributed by atoms with Gasteiger partial charge in [0.05, 0.1) is 49.9 Å². The van der Waals surface area contributed by atoms with Crippen molar-refractivity contribution in [1.82, 2.24) is 77.3 Å². The minimum Gasteiger partial charge on any atom is -0.323 e. The molecule has 118 heavy (non-hydrogen) atoms. The molecule has 23 rings (SSSR count). The Morgan fingerprint density at radius 1 is 0.203 bits per heavy atom. The highest BCUT2D eigenvalue weighted by Crippen LogP contribution is 2.40. The van der Waals surface area contributed by atoms with Crippen LogP contribution < -0.4 is 0 Å². The fourth-order valence-electron chi connectivity index (χ4n) is 15.9. The molecule has 0 aliphatic rings. The normalized spacial score (nSPS) is 11.3. The number of benzene rings is 11. The SMILES string of the molecule is C.c1ccc(-c2c(-c3cnc(-c4ccc(-n5c6ccccc6c6ccccc65)cc4)nc3)cn3ccccc23)cc1.c1ccc(-c2nc(-c3cnc(-c4ccc(-n5c6ccccc6c6ccccc65)cc4)nc3)nc(-c3ccccn3)n2)cc1.c1ccc2c(c1)c1ccccc1n2-c1ccc(-c2ncc(-c3cn4ccccc4n3)cn2)cc1. The van der Waals surface area contributed by atoms with Crippen molar-refractivity contribution in [2.24, 2.45) is 0 Å². The number of pyridine rings is 3. The Morgan fingerprint density at radius 3 is 0.966 bits per heavy atom. The van der Waals surface area contributed by atoms with Gasteiger partial charge in [0.1, 0.15) is 11.3 Å². The summed E-state index contributed by atoms with van der Waals surface area (Å²) in [6, 6.07) is 115. The first kappa shape index (κ1) is 70.8. The van der Waals surface area contributed by atoms with E-state index in [0.717, 1.165) is 72.9 Å². The first-order chi connectivity index (χ1) is 58.0. The lowest BCUT2D eigenvalue weighted by Crippen LogP contribution is -2.01. The average Bonchev–Trinajstić information content (AvgIpc) is 1.61. The highest BCUT2D eigenvalue weighted by molar-refractivity contribution is 6.11. The molecule has 0 amide bonds. The van der Waals surface area contributed by atoms with Crippen molar-refractivity contribution in [3.63, 3.8) is 0 Å². The number of nitrogens with zero attached hydrogens (tertiary/aromatic N) is 16. The van der Waals surface area contributed by atoms with Crippen molar-refractivity contribution in [1.29, 1.82) is 0 Å². The van der Waals surface area contributed by atoms with E-state index in [4.69, 9.17) is 24.9 Å². The highest BCUT2D eigenvalue weighted by atomic mass is 15.1. The van der Waals surface area contributed by atoms with Crippen LogP contribution in [0.2, 0.25) is 0 Å². The number of fused-ring (bicyclic) bond motifs is 11. The number of hydrogen-bond donors (Lipinski definition) is 0. The summed E-state index contributed by atoms with van der Waals surface area (Å²) in [4.78, 5) is 51.5. The molecule has 0 saturated heterocycles. The monoisotopic (exact) mass is 1520 g/mol. The van der Waals surface area contributed by atoms with Gasteiger partial charge in [-0.05, 0) is 151 Å². The van der Waals surface area contributed by atoms with Gasteiger partial charge in [-0.15, -0.1) is 0 Å². The van der Waals surface area contributed by atoms with E-state index in [1.165, 1.54) is 76.5 Å². The number of hydrogen-bond acceptors (Lipinski definition) is 11. The largest absolute Gasteiger partial charge is 0.323 e. The molecule has 12 aromatic heterocycles. The molecule has 11 aromatic carbocycles. The van der Waals surface area contributed by atoms with E-state index < -0.39 is 0 Å². The van der Waals surface area contributed by atoms with Crippen LogP contribution in [0.4, 0.5) is 0 Å². The second-order valence-electron chi connectivity index (χ2n) is 28.4. The Kier molecular flexibility index (Phi) is 18.4. The predicted molar refractivity (Wildman–Crippen MR) is 476 cm³/mol. The predicted octanol–water partition coefficient (Wildman–Crippen LogP) is 23.8. The van der Waals surface area contributed by atoms with E-state index in [-0.39, 0.29) is 7.43 Å². The number of imidazole rings is 1. The molecule has 0 fully saturated rings. The van der Waals surface area contributed by atoms with Gasteiger partial charge in [-0.3, -0.25) is 4.98 Å². The molecule has 23 aromatic rings. The van der Waals surface area contributed by atoms with Crippen LogP contribution in [0.25, 0.3) is 196 Å². The molecule has 0 radical (unpaired) electrons. The molecule has 0 atom stereocenters. The Hall–Kier alpha value is -16.3. The molecule has 0 bridgehead atoms. The fraction of sp³-hybridized carbons (Fsp3) is 0.00980. The highest BCUT2D eigenvalue weighted by Gasteiger charge is 2.21. The van der Waals surface area contributed by atoms with Gasteiger partial charge in [0.2, 0.25) is 0 Å². The zero-order chi connectivity index (χ0) is 77.5. The summed E-state index contributed by atoms with van der Waals surface area (Å²) in [5, 5.41) is 7.51. The van der Waals surface area contributed by atoms with Gasteiger partial charge in [0.15, 0.2) is 34.9 Å². The molecule has 12 heterocycles. The molecule has 16 heteroatoms. The summed E-state index contributed by atoms with van der Waals surface area (Å²) in [5.74, 6) is 3.58. The fourth-order valence-corrected chi connectivity index (χ4v) is 15.9. The van der Waals surface area contributed by atoms with Crippen molar-refractivity contribution in [2.75, 3.05) is 0 Å². The van der Waals surface area contributed by atoms with Crippen molar-refractivity contribution in [3.8, 4) is 119 Å². The van der Waals surface area contributed by atoms with E-state index in [1.807, 2.05) is 120 Å². The zero-order valence-corrected chi connectivity index (χ0v) is 62.8. The lowest BCUT2D eigenvalue weighted by atomic mass is 9.99. The molecule has 0 N–H and O–H groups in total. The van der Waals surface area contributed by atoms with Crippen LogP contribution in [0.3, 0.4) is 0 Å². The topological polar surface area (TPSA) is 165 Å². The van der Waals surface area contributed by atoms with Crippen LogP contribution in [0, 0.1) is 0 Å². The second kappa shape index (κ2) is 30.6. The minimum absolute atomic E-state index is 0. The lowest BCUT2D eigenvalue weighted by Gasteiger charge is -2.09. The number of para-hydroxylation sites is 6. The Bertz CT molecular complexity index is 7320. The van der Waals surface area contributed by atoms with Crippen molar-refractivity contribution in [2.45, 2.75) is 7.43 Å². The maximum absolute atomic E-state index is 4.80. The molecular formula is C102H70N16. The number of rotatable bonds is 12. The summed E-state index contributed by atoms with van der Waals surface area (Å²) in [6.07, 6.45) is 21.0. The lowest BCUT2D eigenvalue weighted by molar-refractivity contribution is 1.05. The van der Waals surface area contributed by atoms with Crippen LogP contribution in [0.15, 0.2) is 402 Å². The van der Waals surface area contributed by atoms with Crippen molar-refractivity contribution >= 4 is 76.6 Å². The molecular weight excluding hydrogens is 1450 g/mol. The van der Waals surface area contributed by atoms with Crippen molar-refractivity contribution < 1.29 is 0 Å². The van der Waals surface area contributed by atoms with Crippen LogP contribution in [0.1, 0.15) is 7.43 Å². The van der Waals surface area contributed by atoms with Gasteiger partial charge in [-0.25, -0.2) is 49.8 Å². The quantitative estimate of drug-likeness (QED) is 0.114. The van der Waals surface area contributed by atoms with Gasteiger partial charge in [-0.2, -0.15) is 0 Å². The van der Waals surface area contributed by atoms with Gasteiger partial charge in [0.25, 0.3) is 0 Å². The molecule has 558 valence electrons. The Labute approximate surface area is 678 Å². The van der Waals surface area contributed by atoms with Crippen LogP contribution in [-0.4, -0.2) is 77.3 Å². The standard InChI is InChI=1S/C36H23N7.C36H24N4.C29H19N5.CH4/c1-2-10-24(11-3-1)34-40-35(42-36(41-34)30-14-8-9-21-37-30)26-22-38-33(39-23-26)25-17-19-27(20-18-25)43-31-15-6-4-12-28(31)29-13-5-7-16-32(29)43;1-2-10-25(11-3-1)35-31(24-39-21-9-8-16-34(35)39)27-22-37-36(38-23-27)26-17-19-28(20-18-26)40-32-14-6-4-12-29(32)30-13-5-7-15-33(30)40;1-3-9-26-23(7-1)24-8-2-4-10-27(24)34(26)22-14-12-20(13-15-22)29-30-17-21(18-31-29)25-19-33-16-6-5-11-28(33)32-25;/h1-23H;1-24H;1-19H;1H4. The summed E-state index contributed by atoms with van der Waals surface area (Å²) in [5.41, 5.74) is 23.9. The molecule has 0 aliphatic heterocycles. The molecule has 0 saturated carbocycles. The minimum atomic E-state index is 0. The third-order valence-electron chi connectivity index (χ3n) is 21.4. The van der Waals surface area contributed by atoms with E-state index in [1.54, 1.807) is 18.6 Å². The van der Waals surface area contributed by atoms with E-state index in [9.17, 15) is 0 Å². The van der Waals surface area contributed by atoms with Gasteiger partial charge >= 0.3 is 0 Å². The average molecular weight is 1520 g/mol. The summed E-state index contributed by atoms with van der Waals surface area (Å²) < 4.78 is 11.1. The van der Waals surface area contributed by atoms with Crippen LogP contribution in [0.5, 0.6) is 0 Å². The zero-order valence-electron chi connectivity index (χ0n) is 62.8. The molecule has 0 spiro atoms. The van der Waals surface area contributed by atoms with E-state index in [0.29, 0.717) is 46.2 Å². The molecule has 0 aliphatic carbocycles. The third kappa shape index (κ3) is 13.1. The maximum Gasteiger partial charge on any atom is 0.182 e. The number of aromatic nitrogens is 16. The molecule has 16 nitrogen and oxygen atoms in total. The second-order valence-corrected chi connectivity index (χ2v) is 28.4. The first-order valence-electron chi connectivity index (χ1n) is 38.6. The van der Waals surface area contributed by atoms with E-state index in [2.05, 4.69) is 315 Å². The van der Waals surface area contributed by atoms with Crippen LogP contribution >= 0.6 is 0 Å². The molecule has 0 unspecified atom stereocenters. The van der Waals surface area contributed by atoms with Gasteiger partial charge in [0, 0.05) is 162 Å². The van der Waals surface area contributed by atoms with Crippen molar-refractivity contribution in [3.05, 3.63) is 402 Å². The summed E-state index contributed by atoms with van der Waals surface area (Å²) >= 11 is 0.